The fourth-order valence-electron chi connectivity index (χ4n) is 3.72. The predicted molar refractivity (Wildman–Crippen MR) is 96.4 cm³/mol. The molecule has 3 aromatic rings. The van der Waals surface area contributed by atoms with Crippen LogP contribution < -0.4 is 5.56 Å². The first-order chi connectivity index (χ1) is 12.3. The van der Waals surface area contributed by atoms with Gasteiger partial charge < -0.3 is 4.98 Å². The van der Waals surface area contributed by atoms with Gasteiger partial charge in [0.25, 0.3) is 5.56 Å². The van der Waals surface area contributed by atoms with E-state index in [2.05, 4.69) is 27.0 Å². The number of nitrogens with zero attached hydrogens (tertiary/aromatic N) is 3. The van der Waals surface area contributed by atoms with Gasteiger partial charge in [0.15, 0.2) is 0 Å². The number of hydrogen-bond acceptors (Lipinski definition) is 4. The lowest BCUT2D eigenvalue weighted by atomic mass is 10.0. The SMILES string of the molecule is O=c1[nH]c(C2CC2)nc2c1CN(Cc1ccnc3ccccc13)CC2. The molecule has 0 spiro atoms. The second-order valence-corrected chi connectivity index (χ2v) is 7.10. The molecule has 5 heteroatoms. The summed E-state index contributed by atoms with van der Waals surface area (Å²) in [5, 5.41) is 1.19. The van der Waals surface area contributed by atoms with E-state index in [9.17, 15) is 4.79 Å². The summed E-state index contributed by atoms with van der Waals surface area (Å²) in [5.74, 6) is 1.39. The number of benzene rings is 1. The molecule has 3 heterocycles. The van der Waals surface area contributed by atoms with Crippen molar-refractivity contribution in [3.63, 3.8) is 0 Å². The maximum absolute atomic E-state index is 12.5. The highest BCUT2D eigenvalue weighted by Gasteiger charge is 2.29. The van der Waals surface area contributed by atoms with E-state index in [1.807, 2.05) is 24.4 Å². The molecule has 1 fully saturated rings. The van der Waals surface area contributed by atoms with Gasteiger partial charge in [0, 0.05) is 43.6 Å². The number of aromatic nitrogens is 3. The van der Waals surface area contributed by atoms with Crippen molar-refractivity contribution in [2.24, 2.45) is 0 Å². The summed E-state index contributed by atoms with van der Waals surface area (Å²) in [5.41, 5.74) is 4.17. The highest BCUT2D eigenvalue weighted by atomic mass is 16.1. The van der Waals surface area contributed by atoms with Crippen LogP contribution in [0, 0.1) is 0 Å². The molecule has 5 nitrogen and oxygen atoms in total. The van der Waals surface area contributed by atoms with Crippen molar-refractivity contribution in [1.29, 1.82) is 0 Å². The first-order valence-corrected chi connectivity index (χ1v) is 8.95. The third-order valence-electron chi connectivity index (χ3n) is 5.26. The fraction of sp³-hybridized carbons (Fsp3) is 0.350. The van der Waals surface area contributed by atoms with Gasteiger partial charge in [-0.1, -0.05) is 18.2 Å². The molecular formula is C20H20N4O. The molecule has 2 aliphatic rings. The van der Waals surface area contributed by atoms with E-state index in [0.717, 1.165) is 55.0 Å². The summed E-state index contributed by atoms with van der Waals surface area (Å²) in [6, 6.07) is 10.3. The Morgan fingerprint density at radius 3 is 2.96 bits per heavy atom. The normalized spacial score (nSPS) is 17.6. The minimum absolute atomic E-state index is 0.0520. The number of fused-ring (bicyclic) bond motifs is 2. The summed E-state index contributed by atoms with van der Waals surface area (Å²) in [6.07, 6.45) is 5.03. The van der Waals surface area contributed by atoms with Gasteiger partial charge in [-0.3, -0.25) is 14.7 Å². The van der Waals surface area contributed by atoms with Crippen LogP contribution in [0.3, 0.4) is 0 Å². The second kappa shape index (κ2) is 5.77. The number of nitrogens with one attached hydrogen (secondary N) is 1. The van der Waals surface area contributed by atoms with Crippen LogP contribution in [0.5, 0.6) is 0 Å². The molecule has 0 amide bonds. The molecule has 1 N–H and O–H groups in total. The highest BCUT2D eigenvalue weighted by Crippen LogP contribution is 2.37. The van der Waals surface area contributed by atoms with E-state index >= 15 is 0 Å². The minimum atomic E-state index is 0.0520. The summed E-state index contributed by atoms with van der Waals surface area (Å²) in [7, 11) is 0. The Balaban J connectivity index is 1.43. The van der Waals surface area contributed by atoms with Crippen molar-refractivity contribution in [2.45, 2.75) is 38.3 Å². The minimum Gasteiger partial charge on any atom is -0.310 e. The zero-order chi connectivity index (χ0) is 16.8. The van der Waals surface area contributed by atoms with Crippen LogP contribution in [-0.2, 0) is 19.5 Å². The van der Waals surface area contributed by atoms with Crippen LogP contribution in [0.2, 0.25) is 0 Å². The Morgan fingerprint density at radius 2 is 2.08 bits per heavy atom. The average molecular weight is 332 g/mol. The van der Waals surface area contributed by atoms with Crippen LogP contribution in [0.25, 0.3) is 10.9 Å². The molecule has 5 rings (SSSR count). The molecule has 2 aromatic heterocycles. The zero-order valence-electron chi connectivity index (χ0n) is 14.0. The van der Waals surface area contributed by atoms with Crippen LogP contribution in [0.4, 0.5) is 0 Å². The number of para-hydroxylation sites is 1. The zero-order valence-corrected chi connectivity index (χ0v) is 14.0. The highest BCUT2D eigenvalue weighted by molar-refractivity contribution is 5.81. The van der Waals surface area contributed by atoms with Gasteiger partial charge in [-0.25, -0.2) is 4.98 Å². The van der Waals surface area contributed by atoms with Crippen LogP contribution >= 0.6 is 0 Å². The number of rotatable bonds is 3. The Hall–Kier alpha value is -2.53. The number of aromatic amines is 1. The molecule has 1 aromatic carbocycles. The number of pyridine rings is 1. The number of H-pyrrole nitrogens is 1. The molecule has 1 saturated carbocycles. The lowest BCUT2D eigenvalue weighted by molar-refractivity contribution is 0.242. The molecule has 1 aliphatic heterocycles. The molecule has 0 saturated heterocycles. The van der Waals surface area contributed by atoms with E-state index in [4.69, 9.17) is 4.98 Å². The Labute approximate surface area is 145 Å². The lowest BCUT2D eigenvalue weighted by Gasteiger charge is -2.28. The summed E-state index contributed by atoms with van der Waals surface area (Å²) in [6.45, 7) is 2.43. The molecule has 0 atom stereocenters. The van der Waals surface area contributed by atoms with Crippen LogP contribution in [0.15, 0.2) is 41.3 Å². The predicted octanol–water partition coefficient (Wildman–Crippen LogP) is 2.75. The fourth-order valence-corrected chi connectivity index (χ4v) is 3.72. The van der Waals surface area contributed by atoms with Gasteiger partial charge in [-0.05, 0) is 30.5 Å². The summed E-state index contributed by atoms with van der Waals surface area (Å²) >= 11 is 0. The largest absolute Gasteiger partial charge is 0.310 e. The van der Waals surface area contributed by atoms with Crippen LogP contribution in [0.1, 0.15) is 41.4 Å². The monoisotopic (exact) mass is 332 g/mol. The van der Waals surface area contributed by atoms with Crippen molar-refractivity contribution in [3.05, 3.63) is 69.5 Å². The Bertz CT molecular complexity index is 1000. The standard InChI is InChI=1S/C20H20N4O/c25-20-16-12-24(10-8-18(16)22-19(23-20)13-5-6-13)11-14-7-9-21-17-4-2-1-3-15(14)17/h1-4,7,9,13H,5-6,8,10-12H2,(H,22,23,25). The van der Waals surface area contributed by atoms with Crippen molar-refractivity contribution in [1.82, 2.24) is 19.9 Å². The maximum atomic E-state index is 12.5. The smallest absolute Gasteiger partial charge is 0.255 e. The third kappa shape index (κ3) is 2.74. The van der Waals surface area contributed by atoms with Crippen molar-refractivity contribution >= 4 is 10.9 Å². The van der Waals surface area contributed by atoms with E-state index in [-0.39, 0.29) is 5.56 Å². The van der Waals surface area contributed by atoms with Crippen molar-refractivity contribution in [3.8, 4) is 0 Å². The molecule has 126 valence electrons. The van der Waals surface area contributed by atoms with Crippen molar-refractivity contribution < 1.29 is 0 Å². The van der Waals surface area contributed by atoms with Crippen molar-refractivity contribution in [2.75, 3.05) is 6.54 Å². The van der Waals surface area contributed by atoms with E-state index in [1.54, 1.807) is 0 Å². The first kappa shape index (κ1) is 14.8. The topological polar surface area (TPSA) is 61.9 Å². The van der Waals surface area contributed by atoms with E-state index < -0.39 is 0 Å². The third-order valence-corrected chi connectivity index (χ3v) is 5.26. The second-order valence-electron chi connectivity index (χ2n) is 7.10. The molecule has 0 unspecified atom stereocenters. The molecule has 1 aliphatic carbocycles. The van der Waals surface area contributed by atoms with Crippen LogP contribution in [-0.4, -0.2) is 26.4 Å². The molecule has 0 radical (unpaired) electrons. The van der Waals surface area contributed by atoms with Gasteiger partial charge in [0.1, 0.15) is 5.82 Å². The van der Waals surface area contributed by atoms with Gasteiger partial charge in [0.2, 0.25) is 0 Å². The van der Waals surface area contributed by atoms with Gasteiger partial charge in [-0.15, -0.1) is 0 Å². The van der Waals surface area contributed by atoms with E-state index in [0.29, 0.717) is 12.5 Å². The van der Waals surface area contributed by atoms with E-state index in [1.165, 1.54) is 10.9 Å². The molecular weight excluding hydrogens is 312 g/mol. The first-order valence-electron chi connectivity index (χ1n) is 8.95. The quantitative estimate of drug-likeness (QED) is 0.801. The van der Waals surface area contributed by atoms with Gasteiger partial charge in [-0.2, -0.15) is 0 Å². The lowest BCUT2D eigenvalue weighted by Crippen LogP contribution is -2.35. The Morgan fingerprint density at radius 1 is 1.20 bits per heavy atom. The van der Waals surface area contributed by atoms with Gasteiger partial charge >= 0.3 is 0 Å². The average Bonchev–Trinajstić information content (AvgIpc) is 3.48. The maximum Gasteiger partial charge on any atom is 0.255 e. The Kier molecular flexibility index (Phi) is 3.41. The molecule has 25 heavy (non-hydrogen) atoms. The summed E-state index contributed by atoms with van der Waals surface area (Å²) in [4.78, 5) is 27.0. The molecule has 0 bridgehead atoms. The summed E-state index contributed by atoms with van der Waals surface area (Å²) < 4.78 is 0. The van der Waals surface area contributed by atoms with Gasteiger partial charge in [0.05, 0.1) is 16.8 Å². The number of hydrogen-bond donors (Lipinski definition) is 1.